The lowest BCUT2D eigenvalue weighted by Gasteiger charge is -1.99. The van der Waals surface area contributed by atoms with Crippen LogP contribution in [0.4, 0.5) is 5.69 Å². The maximum Gasteiger partial charge on any atom is 0.0702 e. The van der Waals surface area contributed by atoms with Crippen molar-refractivity contribution in [1.29, 1.82) is 0 Å². The summed E-state index contributed by atoms with van der Waals surface area (Å²) < 4.78 is 0. The van der Waals surface area contributed by atoms with Crippen LogP contribution in [0.5, 0.6) is 0 Å². The van der Waals surface area contributed by atoms with Gasteiger partial charge in [0.05, 0.1) is 12.3 Å². The maximum absolute atomic E-state index is 8.94. The first-order valence-corrected chi connectivity index (χ1v) is 4.09. The van der Waals surface area contributed by atoms with E-state index in [1.165, 1.54) is 0 Å². The molecule has 1 aromatic rings. The van der Waals surface area contributed by atoms with Crippen molar-refractivity contribution in [3.05, 3.63) is 29.8 Å². The Bertz CT molecular complexity index is 268. The quantitative estimate of drug-likeness (QED) is 0.681. The lowest BCUT2D eigenvalue weighted by molar-refractivity contribution is 0.282. The zero-order valence-corrected chi connectivity index (χ0v) is 7.20. The molecule has 0 aromatic heterocycles. The highest BCUT2D eigenvalue weighted by Crippen LogP contribution is 2.17. The van der Waals surface area contributed by atoms with Crippen molar-refractivity contribution in [2.45, 2.75) is 20.0 Å². The third-order valence-electron chi connectivity index (χ3n) is 1.57. The van der Waals surface area contributed by atoms with Gasteiger partial charge in [-0.05, 0) is 12.5 Å². The van der Waals surface area contributed by atoms with E-state index in [-0.39, 0.29) is 6.61 Å². The molecule has 2 nitrogen and oxygen atoms in total. The molecule has 0 bridgehead atoms. The van der Waals surface area contributed by atoms with Crippen LogP contribution in [0.25, 0.3) is 0 Å². The van der Waals surface area contributed by atoms with E-state index in [4.69, 9.17) is 5.11 Å². The van der Waals surface area contributed by atoms with E-state index in [2.05, 4.69) is 4.99 Å². The molecule has 0 atom stereocenters. The standard InChI is InChI=1S/C10H13NO/c1-2-7-11-10-6-4-3-5-9(10)8-12/h3-7,12H,2,8H2,1H3. The van der Waals surface area contributed by atoms with Crippen molar-refractivity contribution >= 4 is 11.9 Å². The van der Waals surface area contributed by atoms with Crippen LogP contribution in [0.2, 0.25) is 0 Å². The minimum absolute atomic E-state index is 0.0528. The monoisotopic (exact) mass is 163 g/mol. The molecule has 1 N–H and O–H groups in total. The van der Waals surface area contributed by atoms with E-state index in [9.17, 15) is 0 Å². The van der Waals surface area contributed by atoms with E-state index < -0.39 is 0 Å². The van der Waals surface area contributed by atoms with Gasteiger partial charge in [0.1, 0.15) is 0 Å². The third-order valence-corrected chi connectivity index (χ3v) is 1.57. The highest BCUT2D eigenvalue weighted by molar-refractivity contribution is 5.64. The average Bonchev–Trinajstić information content (AvgIpc) is 2.15. The molecule has 1 rings (SSSR count). The Morgan fingerprint density at radius 1 is 1.42 bits per heavy atom. The fraction of sp³-hybridized carbons (Fsp3) is 0.300. The molecule has 0 heterocycles. The van der Waals surface area contributed by atoms with Crippen LogP contribution in [0.15, 0.2) is 29.3 Å². The summed E-state index contributed by atoms with van der Waals surface area (Å²) in [5.41, 5.74) is 1.74. The molecule has 0 unspecified atom stereocenters. The van der Waals surface area contributed by atoms with E-state index in [1.807, 2.05) is 37.4 Å². The maximum atomic E-state index is 8.94. The Labute approximate surface area is 72.6 Å². The van der Waals surface area contributed by atoms with Crippen LogP contribution in [-0.2, 0) is 6.61 Å². The van der Waals surface area contributed by atoms with E-state index in [0.717, 1.165) is 17.7 Å². The zero-order valence-electron chi connectivity index (χ0n) is 7.20. The van der Waals surface area contributed by atoms with Gasteiger partial charge in [-0.15, -0.1) is 0 Å². The number of aliphatic imine (C=N–C) groups is 1. The van der Waals surface area contributed by atoms with Gasteiger partial charge in [0, 0.05) is 11.8 Å². The van der Waals surface area contributed by atoms with Gasteiger partial charge >= 0.3 is 0 Å². The van der Waals surface area contributed by atoms with Crippen LogP contribution in [0.3, 0.4) is 0 Å². The number of nitrogens with zero attached hydrogens (tertiary/aromatic N) is 1. The molecule has 0 spiro atoms. The number of aliphatic hydroxyl groups is 1. The van der Waals surface area contributed by atoms with Gasteiger partial charge in [0.2, 0.25) is 0 Å². The van der Waals surface area contributed by atoms with Crippen molar-refractivity contribution in [2.75, 3.05) is 0 Å². The molecule has 0 aliphatic heterocycles. The molecule has 2 heteroatoms. The highest BCUT2D eigenvalue weighted by Gasteiger charge is 1.95. The van der Waals surface area contributed by atoms with Crippen LogP contribution < -0.4 is 0 Å². The summed E-state index contributed by atoms with van der Waals surface area (Å²) in [6, 6.07) is 7.60. The number of aliphatic hydroxyl groups excluding tert-OH is 1. The van der Waals surface area contributed by atoms with Crippen molar-refractivity contribution in [1.82, 2.24) is 0 Å². The fourth-order valence-electron chi connectivity index (χ4n) is 0.960. The number of hydrogen-bond acceptors (Lipinski definition) is 2. The Kier molecular flexibility index (Phi) is 3.48. The van der Waals surface area contributed by atoms with E-state index in [1.54, 1.807) is 0 Å². The normalized spacial score (nSPS) is 10.8. The Morgan fingerprint density at radius 2 is 2.17 bits per heavy atom. The minimum atomic E-state index is 0.0528. The molecular formula is C10H13NO. The van der Waals surface area contributed by atoms with Gasteiger partial charge in [-0.2, -0.15) is 0 Å². The first kappa shape index (κ1) is 8.94. The number of para-hydroxylation sites is 1. The smallest absolute Gasteiger partial charge is 0.0702 e. The van der Waals surface area contributed by atoms with Crippen LogP contribution >= 0.6 is 0 Å². The number of benzene rings is 1. The second-order valence-electron chi connectivity index (χ2n) is 2.51. The lowest BCUT2D eigenvalue weighted by Crippen LogP contribution is -1.82. The predicted octanol–water partition coefficient (Wildman–Crippen LogP) is 2.29. The van der Waals surface area contributed by atoms with Gasteiger partial charge in [-0.25, -0.2) is 0 Å². The molecule has 0 aliphatic carbocycles. The van der Waals surface area contributed by atoms with Crippen molar-refractivity contribution in [2.24, 2.45) is 4.99 Å². The second kappa shape index (κ2) is 4.67. The summed E-state index contributed by atoms with van der Waals surface area (Å²) in [6.45, 7) is 2.09. The molecular weight excluding hydrogens is 150 g/mol. The van der Waals surface area contributed by atoms with Crippen molar-refractivity contribution in [3.63, 3.8) is 0 Å². The molecule has 0 saturated heterocycles. The topological polar surface area (TPSA) is 32.6 Å². The average molecular weight is 163 g/mol. The number of rotatable bonds is 3. The van der Waals surface area contributed by atoms with Crippen molar-refractivity contribution in [3.8, 4) is 0 Å². The summed E-state index contributed by atoms with van der Waals surface area (Å²) in [4.78, 5) is 4.21. The number of hydrogen-bond donors (Lipinski definition) is 1. The molecule has 0 aliphatic rings. The summed E-state index contributed by atoms with van der Waals surface area (Å²) in [6.07, 6.45) is 2.76. The van der Waals surface area contributed by atoms with Gasteiger partial charge in [0.25, 0.3) is 0 Å². The van der Waals surface area contributed by atoms with E-state index >= 15 is 0 Å². The molecule has 1 aromatic carbocycles. The van der Waals surface area contributed by atoms with Crippen LogP contribution in [-0.4, -0.2) is 11.3 Å². The summed E-state index contributed by atoms with van der Waals surface area (Å²) in [7, 11) is 0. The molecule has 0 radical (unpaired) electrons. The van der Waals surface area contributed by atoms with Gasteiger partial charge in [-0.1, -0.05) is 25.1 Å². The first-order valence-electron chi connectivity index (χ1n) is 4.09. The lowest BCUT2D eigenvalue weighted by atomic mass is 10.2. The fourth-order valence-corrected chi connectivity index (χ4v) is 0.960. The second-order valence-corrected chi connectivity index (χ2v) is 2.51. The third kappa shape index (κ3) is 2.17. The molecule has 0 saturated carbocycles. The molecule has 64 valence electrons. The predicted molar refractivity (Wildman–Crippen MR) is 50.8 cm³/mol. The van der Waals surface area contributed by atoms with Crippen LogP contribution in [0.1, 0.15) is 18.9 Å². The van der Waals surface area contributed by atoms with Crippen LogP contribution in [0, 0.1) is 0 Å². The largest absolute Gasteiger partial charge is 0.392 e. The Hall–Kier alpha value is -1.15. The summed E-state index contributed by atoms with van der Waals surface area (Å²) in [5, 5.41) is 8.94. The Balaban J connectivity index is 2.89. The van der Waals surface area contributed by atoms with Gasteiger partial charge in [-0.3, -0.25) is 4.99 Å². The van der Waals surface area contributed by atoms with Crippen molar-refractivity contribution < 1.29 is 5.11 Å². The van der Waals surface area contributed by atoms with E-state index in [0.29, 0.717) is 0 Å². The summed E-state index contributed by atoms with van der Waals surface area (Å²) >= 11 is 0. The minimum Gasteiger partial charge on any atom is -0.392 e. The molecule has 0 fully saturated rings. The SMILES string of the molecule is CCC=Nc1ccccc1CO. The Morgan fingerprint density at radius 3 is 2.83 bits per heavy atom. The summed E-state index contributed by atoms with van der Waals surface area (Å²) in [5.74, 6) is 0. The van der Waals surface area contributed by atoms with Gasteiger partial charge in [0.15, 0.2) is 0 Å². The highest BCUT2D eigenvalue weighted by atomic mass is 16.3. The van der Waals surface area contributed by atoms with Gasteiger partial charge < -0.3 is 5.11 Å². The zero-order chi connectivity index (χ0) is 8.81. The molecule has 0 amide bonds. The molecule has 12 heavy (non-hydrogen) atoms. The first-order chi connectivity index (χ1) is 5.88.